The summed E-state index contributed by atoms with van der Waals surface area (Å²) in [5, 5.41) is 2.50. The van der Waals surface area contributed by atoms with Crippen LogP contribution in [0.15, 0.2) is 23.1 Å². The molecule has 1 aromatic carbocycles. The van der Waals surface area contributed by atoms with Crippen molar-refractivity contribution in [2.24, 2.45) is 0 Å². The van der Waals surface area contributed by atoms with Crippen molar-refractivity contribution in [3.8, 4) is 5.75 Å². The molecule has 1 rings (SSSR count). The predicted molar refractivity (Wildman–Crippen MR) is 68.5 cm³/mol. The summed E-state index contributed by atoms with van der Waals surface area (Å²) in [6.45, 7) is 0. The maximum Gasteiger partial charge on any atom is 0.257 e. The number of likely N-dealkylation sites (N-methyl/N-ethyl adjacent to an activating group) is 1. The van der Waals surface area contributed by atoms with Crippen LogP contribution in [0.4, 0.5) is 4.39 Å². The topological polar surface area (TPSA) is 38.3 Å². The van der Waals surface area contributed by atoms with Crippen molar-refractivity contribution in [1.82, 2.24) is 5.32 Å². The summed E-state index contributed by atoms with van der Waals surface area (Å²) >= 11 is 1.25. The molecule has 0 unspecified atom stereocenters. The van der Waals surface area contributed by atoms with Crippen LogP contribution in [0, 0.1) is 5.82 Å². The largest absolute Gasteiger partial charge is 0.496 e. The van der Waals surface area contributed by atoms with Gasteiger partial charge in [-0.1, -0.05) is 6.07 Å². The van der Waals surface area contributed by atoms with Gasteiger partial charge in [0.2, 0.25) is 0 Å². The molecule has 0 aliphatic heterocycles. The second-order valence-corrected chi connectivity index (χ2v) is 4.00. The zero-order valence-corrected chi connectivity index (χ0v) is 10.7. The third-order valence-corrected chi connectivity index (χ3v) is 2.92. The van der Waals surface area contributed by atoms with Gasteiger partial charge in [-0.05, 0) is 24.5 Å². The molecule has 0 bridgehead atoms. The summed E-state index contributed by atoms with van der Waals surface area (Å²) in [4.78, 5) is 11.9. The van der Waals surface area contributed by atoms with Crippen molar-refractivity contribution < 1.29 is 13.9 Å². The van der Waals surface area contributed by atoms with E-state index in [-0.39, 0.29) is 11.5 Å². The fourth-order valence-electron chi connectivity index (χ4n) is 1.31. The number of halogens is 1. The number of methoxy groups -OCH3 is 1. The number of hydrogen-bond acceptors (Lipinski definition) is 3. The Balaban J connectivity index is 3.23. The Kier molecular flexibility index (Phi) is 5.03. The lowest BCUT2D eigenvalue weighted by Crippen LogP contribution is -2.18. The molecule has 3 nitrogen and oxygen atoms in total. The molecule has 1 N–H and O–H groups in total. The molecule has 0 aliphatic carbocycles. The van der Waals surface area contributed by atoms with Gasteiger partial charge in [-0.15, -0.1) is 11.8 Å². The van der Waals surface area contributed by atoms with Crippen LogP contribution in [0.3, 0.4) is 0 Å². The highest BCUT2D eigenvalue weighted by molar-refractivity contribution is 8.03. The van der Waals surface area contributed by atoms with E-state index in [4.69, 9.17) is 4.74 Å². The minimum atomic E-state index is -0.417. The maximum atomic E-state index is 13.6. The van der Waals surface area contributed by atoms with Gasteiger partial charge in [0.1, 0.15) is 11.6 Å². The van der Waals surface area contributed by atoms with E-state index >= 15 is 0 Å². The van der Waals surface area contributed by atoms with Crippen LogP contribution >= 0.6 is 11.8 Å². The first-order chi connectivity index (χ1) is 8.13. The maximum absolute atomic E-state index is 13.6. The van der Waals surface area contributed by atoms with Gasteiger partial charge in [0, 0.05) is 7.05 Å². The first kappa shape index (κ1) is 13.6. The predicted octanol–water partition coefficient (Wildman–Crippen LogP) is 2.28. The number of nitrogens with one attached hydrogen (secondary N) is 1. The molecule has 0 aliphatic rings. The molecule has 0 heterocycles. The van der Waals surface area contributed by atoms with Crippen molar-refractivity contribution >= 4 is 23.7 Å². The van der Waals surface area contributed by atoms with E-state index in [1.807, 2.05) is 0 Å². The molecule has 1 amide bonds. The number of benzene rings is 1. The van der Waals surface area contributed by atoms with E-state index in [1.54, 1.807) is 18.4 Å². The average molecular weight is 255 g/mol. The van der Waals surface area contributed by atoms with E-state index in [1.165, 1.54) is 38.1 Å². The lowest BCUT2D eigenvalue weighted by atomic mass is 10.1. The van der Waals surface area contributed by atoms with Crippen LogP contribution in [-0.2, 0) is 4.79 Å². The Hall–Kier alpha value is -1.49. The van der Waals surface area contributed by atoms with Gasteiger partial charge >= 0.3 is 0 Å². The average Bonchev–Trinajstić information content (AvgIpc) is 2.36. The Morgan fingerprint density at radius 1 is 1.53 bits per heavy atom. The molecule has 17 heavy (non-hydrogen) atoms. The van der Waals surface area contributed by atoms with Gasteiger partial charge in [0.25, 0.3) is 5.91 Å². The molecule has 0 aromatic heterocycles. The third kappa shape index (κ3) is 3.23. The number of carbonyl (C=O) groups excluding carboxylic acids is 1. The van der Waals surface area contributed by atoms with E-state index in [9.17, 15) is 9.18 Å². The van der Waals surface area contributed by atoms with Crippen molar-refractivity contribution in [2.45, 2.75) is 0 Å². The molecule has 5 heteroatoms. The van der Waals surface area contributed by atoms with E-state index < -0.39 is 5.82 Å². The molecule has 0 radical (unpaired) electrons. The molecule has 0 atom stereocenters. The highest BCUT2D eigenvalue weighted by atomic mass is 32.2. The third-order valence-electron chi connectivity index (χ3n) is 2.18. The molecule has 92 valence electrons. The Labute approximate surface area is 104 Å². The lowest BCUT2D eigenvalue weighted by molar-refractivity contribution is -0.116. The lowest BCUT2D eigenvalue weighted by Gasteiger charge is -2.07. The van der Waals surface area contributed by atoms with Gasteiger partial charge in [-0.25, -0.2) is 4.39 Å². The van der Waals surface area contributed by atoms with E-state index in [0.29, 0.717) is 10.7 Å². The molecule has 0 fully saturated rings. The fraction of sp³-hybridized carbons (Fsp3) is 0.250. The monoisotopic (exact) mass is 255 g/mol. The van der Waals surface area contributed by atoms with E-state index in [0.717, 1.165) is 0 Å². The Morgan fingerprint density at radius 3 is 2.76 bits per heavy atom. The fourth-order valence-corrected chi connectivity index (χ4v) is 1.83. The zero-order valence-electron chi connectivity index (χ0n) is 9.91. The molecule has 0 saturated carbocycles. The summed E-state index contributed by atoms with van der Waals surface area (Å²) in [6, 6.07) is 4.54. The van der Waals surface area contributed by atoms with Gasteiger partial charge in [0.05, 0.1) is 17.6 Å². The van der Waals surface area contributed by atoms with Crippen LogP contribution in [0.2, 0.25) is 0 Å². The Bertz CT molecular complexity index is 446. The van der Waals surface area contributed by atoms with Gasteiger partial charge in [0.15, 0.2) is 0 Å². The molecule has 0 spiro atoms. The van der Waals surface area contributed by atoms with Crippen molar-refractivity contribution in [2.75, 3.05) is 20.4 Å². The number of ether oxygens (including phenoxy) is 1. The molecule has 1 aromatic rings. The van der Waals surface area contributed by atoms with Crippen molar-refractivity contribution in [3.63, 3.8) is 0 Å². The number of thioether (sulfide) groups is 1. The van der Waals surface area contributed by atoms with Crippen LogP contribution in [0.1, 0.15) is 5.56 Å². The molecular formula is C12H14FNO2S. The first-order valence-electron chi connectivity index (χ1n) is 4.94. The highest BCUT2D eigenvalue weighted by Crippen LogP contribution is 2.26. The highest BCUT2D eigenvalue weighted by Gasteiger charge is 2.11. The molecular weight excluding hydrogens is 241 g/mol. The number of hydrogen-bond donors (Lipinski definition) is 1. The minimum Gasteiger partial charge on any atom is -0.496 e. The number of rotatable bonds is 4. The zero-order chi connectivity index (χ0) is 12.8. The Morgan fingerprint density at radius 2 is 2.24 bits per heavy atom. The summed E-state index contributed by atoms with van der Waals surface area (Å²) in [7, 11) is 3.00. The smallest absolute Gasteiger partial charge is 0.257 e. The van der Waals surface area contributed by atoms with Gasteiger partial charge in [-0.2, -0.15) is 0 Å². The second-order valence-electron chi connectivity index (χ2n) is 3.15. The van der Waals surface area contributed by atoms with Gasteiger partial charge < -0.3 is 10.1 Å². The van der Waals surface area contributed by atoms with Crippen molar-refractivity contribution in [1.29, 1.82) is 0 Å². The SMILES string of the molecule is CNC(=O)/C(=C/c1c(F)cccc1OC)SC. The van der Waals surface area contributed by atoms with Gasteiger partial charge in [-0.3, -0.25) is 4.79 Å². The van der Waals surface area contributed by atoms with Crippen LogP contribution < -0.4 is 10.1 Å². The number of amides is 1. The van der Waals surface area contributed by atoms with Crippen LogP contribution in [0.25, 0.3) is 6.08 Å². The molecule has 0 saturated heterocycles. The minimum absolute atomic E-state index is 0.247. The number of carbonyl (C=O) groups is 1. The standard InChI is InChI=1S/C12H14FNO2S/c1-14-12(15)11(17-3)7-8-9(13)5-4-6-10(8)16-2/h4-7H,1-3H3,(H,14,15)/b11-7-. The summed E-state index contributed by atoms with van der Waals surface area (Å²) < 4.78 is 18.7. The first-order valence-corrected chi connectivity index (χ1v) is 6.16. The second kappa shape index (κ2) is 6.30. The summed E-state index contributed by atoms with van der Waals surface area (Å²) in [5.74, 6) is -0.261. The quantitative estimate of drug-likeness (QED) is 0.839. The van der Waals surface area contributed by atoms with Crippen molar-refractivity contribution in [3.05, 3.63) is 34.5 Å². The normalized spacial score (nSPS) is 11.2. The summed E-state index contributed by atoms with van der Waals surface area (Å²) in [5.41, 5.74) is 0.281. The van der Waals surface area contributed by atoms with E-state index in [2.05, 4.69) is 5.32 Å². The summed E-state index contributed by atoms with van der Waals surface area (Å²) in [6.07, 6.45) is 3.24. The van der Waals surface area contributed by atoms with Crippen LogP contribution in [0.5, 0.6) is 5.75 Å². The van der Waals surface area contributed by atoms with Crippen LogP contribution in [-0.4, -0.2) is 26.3 Å².